The van der Waals surface area contributed by atoms with Crippen molar-refractivity contribution in [2.45, 2.75) is 33.3 Å². The number of para-hydroxylation sites is 1. The second-order valence-corrected chi connectivity index (χ2v) is 4.56. The van der Waals surface area contributed by atoms with Crippen molar-refractivity contribution in [2.24, 2.45) is 0 Å². The molecule has 0 spiro atoms. The molecular weight excluding hydrogens is 188 g/mol. The fraction of sp³-hybridized carbons (Fsp3) is 0.385. The van der Waals surface area contributed by atoms with Gasteiger partial charge in [0.15, 0.2) is 5.75 Å². The van der Waals surface area contributed by atoms with E-state index < -0.39 is 0 Å². The molecule has 0 amide bonds. The first-order chi connectivity index (χ1) is 6.90. The van der Waals surface area contributed by atoms with E-state index in [1.807, 2.05) is 52.0 Å². The summed E-state index contributed by atoms with van der Waals surface area (Å²) in [4.78, 5) is 10.6. The molecule has 0 saturated heterocycles. The SMILES string of the molecule is C=C(C)c1ccccc1OOC(C)(C)C. The molecule has 0 aliphatic heterocycles. The van der Waals surface area contributed by atoms with E-state index in [1.54, 1.807) is 0 Å². The summed E-state index contributed by atoms with van der Waals surface area (Å²) in [6.07, 6.45) is 0. The molecule has 0 radical (unpaired) electrons. The molecule has 0 fully saturated rings. The Morgan fingerprint density at radius 1 is 1.20 bits per heavy atom. The minimum Gasteiger partial charge on any atom is -0.336 e. The van der Waals surface area contributed by atoms with Crippen LogP contribution in [0.25, 0.3) is 5.57 Å². The second kappa shape index (κ2) is 4.49. The summed E-state index contributed by atoms with van der Waals surface area (Å²) in [7, 11) is 0. The van der Waals surface area contributed by atoms with Crippen LogP contribution < -0.4 is 4.89 Å². The molecule has 82 valence electrons. The van der Waals surface area contributed by atoms with Gasteiger partial charge in [0.2, 0.25) is 0 Å². The van der Waals surface area contributed by atoms with Crippen LogP contribution >= 0.6 is 0 Å². The van der Waals surface area contributed by atoms with Crippen molar-refractivity contribution in [3.63, 3.8) is 0 Å². The fourth-order valence-electron chi connectivity index (χ4n) is 1.06. The van der Waals surface area contributed by atoms with E-state index in [4.69, 9.17) is 9.78 Å². The second-order valence-electron chi connectivity index (χ2n) is 4.56. The zero-order chi connectivity index (χ0) is 11.5. The first-order valence-corrected chi connectivity index (χ1v) is 5.01. The highest BCUT2D eigenvalue weighted by atomic mass is 17.2. The highest BCUT2D eigenvalue weighted by molar-refractivity contribution is 5.66. The Balaban J connectivity index is 2.81. The standard InChI is InChI=1S/C13H18O2/c1-10(2)11-8-6-7-9-12(11)14-15-13(3,4)5/h6-9H,1H2,2-5H3. The Morgan fingerprint density at radius 3 is 2.33 bits per heavy atom. The van der Waals surface area contributed by atoms with Crippen molar-refractivity contribution in [3.05, 3.63) is 36.4 Å². The van der Waals surface area contributed by atoms with Gasteiger partial charge in [-0.25, -0.2) is 0 Å². The van der Waals surface area contributed by atoms with Crippen LogP contribution in [0.1, 0.15) is 33.3 Å². The molecule has 1 aromatic rings. The largest absolute Gasteiger partial charge is 0.336 e. The molecule has 2 heteroatoms. The summed E-state index contributed by atoms with van der Waals surface area (Å²) in [6, 6.07) is 7.70. The summed E-state index contributed by atoms with van der Waals surface area (Å²) in [5.74, 6) is 0.708. The molecule has 0 aliphatic carbocycles. The van der Waals surface area contributed by atoms with Gasteiger partial charge in [0.05, 0.1) is 0 Å². The molecule has 1 aromatic carbocycles. The highest BCUT2D eigenvalue weighted by Gasteiger charge is 2.14. The average Bonchev–Trinajstić information content (AvgIpc) is 2.14. The monoisotopic (exact) mass is 206 g/mol. The van der Waals surface area contributed by atoms with Crippen LogP contribution in [0.5, 0.6) is 5.75 Å². The maximum absolute atomic E-state index is 5.30. The fourth-order valence-corrected chi connectivity index (χ4v) is 1.06. The summed E-state index contributed by atoms with van der Waals surface area (Å²) in [6.45, 7) is 11.7. The normalized spacial score (nSPS) is 11.2. The van der Waals surface area contributed by atoms with E-state index in [0.717, 1.165) is 11.1 Å². The highest BCUT2D eigenvalue weighted by Crippen LogP contribution is 2.25. The van der Waals surface area contributed by atoms with Gasteiger partial charge < -0.3 is 4.89 Å². The number of rotatable bonds is 3. The van der Waals surface area contributed by atoms with Crippen LogP contribution in [-0.4, -0.2) is 5.60 Å². The van der Waals surface area contributed by atoms with E-state index in [9.17, 15) is 0 Å². The van der Waals surface area contributed by atoms with Gasteiger partial charge in [-0.1, -0.05) is 24.8 Å². The third kappa shape index (κ3) is 3.76. The molecule has 2 nitrogen and oxygen atoms in total. The van der Waals surface area contributed by atoms with E-state index in [1.165, 1.54) is 0 Å². The molecule has 1 rings (SSSR count). The van der Waals surface area contributed by atoms with E-state index >= 15 is 0 Å². The zero-order valence-electron chi connectivity index (χ0n) is 9.83. The molecule has 15 heavy (non-hydrogen) atoms. The third-order valence-electron chi connectivity index (χ3n) is 1.73. The van der Waals surface area contributed by atoms with Gasteiger partial charge in [-0.3, -0.25) is 0 Å². The van der Waals surface area contributed by atoms with Crippen molar-refractivity contribution < 1.29 is 9.78 Å². The molecule has 0 unspecified atom stereocenters. The molecule has 0 aromatic heterocycles. The Labute approximate surface area is 91.5 Å². The van der Waals surface area contributed by atoms with Gasteiger partial charge >= 0.3 is 0 Å². The lowest BCUT2D eigenvalue weighted by atomic mass is 10.1. The van der Waals surface area contributed by atoms with Crippen molar-refractivity contribution in [3.8, 4) is 5.75 Å². The van der Waals surface area contributed by atoms with Crippen molar-refractivity contribution in [2.75, 3.05) is 0 Å². The zero-order valence-corrected chi connectivity index (χ0v) is 9.83. The van der Waals surface area contributed by atoms with Gasteiger partial charge in [0.25, 0.3) is 0 Å². The first-order valence-electron chi connectivity index (χ1n) is 5.01. The summed E-state index contributed by atoms with van der Waals surface area (Å²) in [5.41, 5.74) is 1.62. The van der Waals surface area contributed by atoms with Crippen LogP contribution in [-0.2, 0) is 4.89 Å². The molecule has 0 N–H and O–H groups in total. The van der Waals surface area contributed by atoms with Gasteiger partial charge in [-0.05, 0) is 39.3 Å². The summed E-state index contributed by atoms with van der Waals surface area (Å²) in [5, 5.41) is 0. The Bertz CT molecular complexity index is 348. The van der Waals surface area contributed by atoms with Gasteiger partial charge in [-0.2, -0.15) is 4.89 Å². The summed E-state index contributed by atoms with van der Waals surface area (Å²) >= 11 is 0. The Hall–Kier alpha value is -1.28. The topological polar surface area (TPSA) is 18.5 Å². The molecule has 0 atom stereocenters. The molecule has 0 heterocycles. The van der Waals surface area contributed by atoms with E-state index in [2.05, 4.69) is 6.58 Å². The minimum absolute atomic E-state index is 0.317. The Morgan fingerprint density at radius 2 is 1.80 bits per heavy atom. The lowest BCUT2D eigenvalue weighted by Crippen LogP contribution is -2.21. The van der Waals surface area contributed by atoms with Crippen molar-refractivity contribution >= 4 is 5.57 Å². The molecular formula is C13H18O2. The number of allylic oxidation sites excluding steroid dienone is 1. The number of benzene rings is 1. The number of hydrogen-bond acceptors (Lipinski definition) is 2. The smallest absolute Gasteiger partial charge is 0.172 e. The third-order valence-corrected chi connectivity index (χ3v) is 1.73. The van der Waals surface area contributed by atoms with Crippen molar-refractivity contribution in [1.82, 2.24) is 0 Å². The Kier molecular flexibility index (Phi) is 3.53. The number of hydrogen-bond donors (Lipinski definition) is 0. The molecule has 0 bridgehead atoms. The predicted molar refractivity (Wildman–Crippen MR) is 62.6 cm³/mol. The first kappa shape index (κ1) is 11.8. The van der Waals surface area contributed by atoms with Gasteiger partial charge in [0.1, 0.15) is 5.60 Å². The van der Waals surface area contributed by atoms with Crippen LogP contribution in [0, 0.1) is 0 Å². The minimum atomic E-state index is -0.317. The quantitative estimate of drug-likeness (QED) is 0.552. The average molecular weight is 206 g/mol. The molecule has 0 saturated carbocycles. The van der Waals surface area contributed by atoms with E-state index in [0.29, 0.717) is 5.75 Å². The van der Waals surface area contributed by atoms with E-state index in [-0.39, 0.29) is 5.60 Å². The molecule has 0 aliphatic rings. The van der Waals surface area contributed by atoms with Gasteiger partial charge in [0, 0.05) is 5.56 Å². The summed E-state index contributed by atoms with van der Waals surface area (Å²) < 4.78 is 0. The van der Waals surface area contributed by atoms with Gasteiger partial charge in [-0.15, -0.1) is 0 Å². The van der Waals surface area contributed by atoms with Crippen molar-refractivity contribution in [1.29, 1.82) is 0 Å². The predicted octanol–water partition coefficient (Wildman–Crippen LogP) is 3.83. The van der Waals surface area contributed by atoms with Crippen LogP contribution in [0.15, 0.2) is 30.8 Å². The maximum Gasteiger partial charge on any atom is 0.172 e. The lowest BCUT2D eigenvalue weighted by Gasteiger charge is -2.19. The van der Waals surface area contributed by atoms with Crippen LogP contribution in [0.3, 0.4) is 0 Å². The van der Waals surface area contributed by atoms with Crippen LogP contribution in [0.4, 0.5) is 0 Å². The van der Waals surface area contributed by atoms with Crippen LogP contribution in [0.2, 0.25) is 0 Å². The maximum atomic E-state index is 5.30. The lowest BCUT2D eigenvalue weighted by molar-refractivity contribution is -0.274.